The molecule has 0 saturated carbocycles. The van der Waals surface area contributed by atoms with Gasteiger partial charge in [0, 0.05) is 28.4 Å². The van der Waals surface area contributed by atoms with Crippen LogP contribution in [-0.2, 0) is 6.42 Å². The van der Waals surface area contributed by atoms with Crippen LogP contribution in [0.15, 0.2) is 10.9 Å². The van der Waals surface area contributed by atoms with Crippen molar-refractivity contribution in [1.29, 1.82) is 0 Å². The third-order valence-corrected chi connectivity index (χ3v) is 4.63. The maximum atomic E-state index is 4.54. The minimum Gasteiger partial charge on any atom is -0.309 e. The van der Waals surface area contributed by atoms with E-state index in [0.29, 0.717) is 6.04 Å². The first-order valence-electron chi connectivity index (χ1n) is 5.75. The van der Waals surface area contributed by atoms with Crippen LogP contribution in [0.3, 0.4) is 0 Å². The van der Waals surface area contributed by atoms with E-state index >= 15 is 0 Å². The number of hydrogen-bond donors (Lipinski definition) is 1. The van der Waals surface area contributed by atoms with Crippen molar-refractivity contribution < 1.29 is 0 Å². The van der Waals surface area contributed by atoms with E-state index in [0.717, 1.165) is 24.4 Å². The van der Waals surface area contributed by atoms with Crippen LogP contribution in [0.4, 0.5) is 0 Å². The molecule has 3 nitrogen and oxygen atoms in total. The molecule has 2 aromatic heterocycles. The lowest BCUT2D eigenvalue weighted by Gasteiger charge is -2.15. The first kappa shape index (κ1) is 12.7. The first-order chi connectivity index (χ1) is 8.20. The second-order valence-corrected chi connectivity index (χ2v) is 5.83. The average Bonchev–Trinajstić information content (AvgIpc) is 2.87. The van der Waals surface area contributed by atoms with Gasteiger partial charge in [0.05, 0.1) is 16.2 Å². The zero-order valence-electron chi connectivity index (χ0n) is 10.4. The molecule has 1 atom stereocenters. The largest absolute Gasteiger partial charge is 0.309 e. The van der Waals surface area contributed by atoms with Gasteiger partial charge in [-0.05, 0) is 20.4 Å². The lowest BCUT2D eigenvalue weighted by Crippen LogP contribution is -2.22. The summed E-state index contributed by atoms with van der Waals surface area (Å²) >= 11 is 3.47. The number of rotatable bonds is 5. The smallest absolute Gasteiger partial charge is 0.0947 e. The number of aromatic nitrogens is 2. The van der Waals surface area contributed by atoms with Crippen molar-refractivity contribution in [3.05, 3.63) is 32.2 Å². The van der Waals surface area contributed by atoms with Crippen molar-refractivity contribution >= 4 is 22.7 Å². The van der Waals surface area contributed by atoms with Crippen LogP contribution in [0.2, 0.25) is 0 Å². The molecule has 0 fully saturated rings. The topological polar surface area (TPSA) is 37.8 Å². The molecule has 17 heavy (non-hydrogen) atoms. The molecule has 0 aliphatic carbocycles. The Labute approximate surface area is 110 Å². The monoisotopic (exact) mass is 267 g/mol. The molecular weight excluding hydrogens is 250 g/mol. The average molecular weight is 267 g/mol. The molecule has 1 N–H and O–H groups in total. The summed E-state index contributed by atoms with van der Waals surface area (Å²) in [5.74, 6) is 0. The number of nitrogens with one attached hydrogen (secondary N) is 1. The van der Waals surface area contributed by atoms with Gasteiger partial charge in [0.25, 0.3) is 0 Å². The van der Waals surface area contributed by atoms with Gasteiger partial charge in [0.1, 0.15) is 0 Å². The minimum absolute atomic E-state index is 0.345. The molecule has 5 heteroatoms. The number of hydrogen-bond acceptors (Lipinski definition) is 5. The van der Waals surface area contributed by atoms with Gasteiger partial charge >= 0.3 is 0 Å². The highest BCUT2D eigenvalue weighted by atomic mass is 32.1. The predicted molar refractivity (Wildman–Crippen MR) is 73.8 cm³/mol. The Kier molecular flexibility index (Phi) is 4.25. The number of thiazole rings is 2. The zero-order chi connectivity index (χ0) is 12.3. The first-order valence-corrected chi connectivity index (χ1v) is 7.51. The van der Waals surface area contributed by atoms with E-state index in [-0.39, 0.29) is 0 Å². The lowest BCUT2D eigenvalue weighted by molar-refractivity contribution is 0.553. The maximum Gasteiger partial charge on any atom is 0.0947 e. The molecule has 92 valence electrons. The summed E-state index contributed by atoms with van der Waals surface area (Å²) in [6.45, 7) is 7.21. The van der Waals surface area contributed by atoms with Gasteiger partial charge in [-0.15, -0.1) is 22.7 Å². The fourth-order valence-corrected chi connectivity index (χ4v) is 3.52. The van der Waals surface area contributed by atoms with E-state index in [1.165, 1.54) is 9.88 Å². The third kappa shape index (κ3) is 3.12. The quantitative estimate of drug-likeness (QED) is 0.904. The van der Waals surface area contributed by atoms with E-state index in [2.05, 4.69) is 34.5 Å². The van der Waals surface area contributed by atoms with Crippen LogP contribution in [0.5, 0.6) is 0 Å². The Hall–Kier alpha value is -0.780. The predicted octanol–water partition coefficient (Wildman–Crippen LogP) is 3.11. The number of nitrogens with zero attached hydrogens (tertiary/aromatic N) is 2. The molecule has 0 aliphatic rings. The summed E-state index contributed by atoms with van der Waals surface area (Å²) in [4.78, 5) is 10.2. The Balaban J connectivity index is 2.15. The van der Waals surface area contributed by atoms with Crippen molar-refractivity contribution in [3.8, 4) is 0 Å². The standard InChI is InChI=1S/C12H17N3S2/c1-4-13-10(12-9(3)14-7-17-12)5-11-15-8(2)6-16-11/h6-7,10,13H,4-5H2,1-3H3. The van der Waals surface area contributed by atoms with Crippen LogP contribution < -0.4 is 5.32 Å². The van der Waals surface area contributed by atoms with Gasteiger partial charge in [-0.2, -0.15) is 0 Å². The Morgan fingerprint density at radius 2 is 2.18 bits per heavy atom. The molecule has 0 radical (unpaired) electrons. The van der Waals surface area contributed by atoms with Gasteiger partial charge in [0.15, 0.2) is 0 Å². The molecule has 0 aliphatic heterocycles. The highest BCUT2D eigenvalue weighted by Crippen LogP contribution is 2.26. The van der Waals surface area contributed by atoms with Gasteiger partial charge in [-0.25, -0.2) is 9.97 Å². The summed E-state index contributed by atoms with van der Waals surface area (Å²) in [6.07, 6.45) is 0.954. The third-order valence-electron chi connectivity index (χ3n) is 2.59. The van der Waals surface area contributed by atoms with Gasteiger partial charge in [-0.1, -0.05) is 6.92 Å². The molecule has 2 heterocycles. The van der Waals surface area contributed by atoms with E-state index in [9.17, 15) is 0 Å². The summed E-state index contributed by atoms with van der Waals surface area (Å²) in [5.41, 5.74) is 4.16. The van der Waals surface area contributed by atoms with E-state index < -0.39 is 0 Å². The van der Waals surface area contributed by atoms with Crippen LogP contribution in [0.1, 0.15) is 34.2 Å². The molecule has 2 rings (SSSR count). The molecule has 2 aromatic rings. The Bertz CT molecular complexity index is 476. The van der Waals surface area contributed by atoms with E-state index in [1.54, 1.807) is 22.7 Å². The maximum absolute atomic E-state index is 4.54. The highest BCUT2D eigenvalue weighted by Gasteiger charge is 2.17. The molecular formula is C12H17N3S2. The highest BCUT2D eigenvalue weighted by molar-refractivity contribution is 7.10. The molecule has 0 saturated heterocycles. The summed E-state index contributed by atoms with van der Waals surface area (Å²) in [7, 11) is 0. The fourth-order valence-electron chi connectivity index (χ4n) is 1.82. The molecule has 0 amide bonds. The Morgan fingerprint density at radius 3 is 2.71 bits per heavy atom. The minimum atomic E-state index is 0.345. The fraction of sp³-hybridized carbons (Fsp3) is 0.500. The van der Waals surface area contributed by atoms with E-state index in [4.69, 9.17) is 0 Å². The van der Waals surface area contributed by atoms with Crippen LogP contribution >= 0.6 is 22.7 Å². The number of aryl methyl sites for hydroxylation is 2. The van der Waals surface area contributed by atoms with Crippen LogP contribution in [0.25, 0.3) is 0 Å². The van der Waals surface area contributed by atoms with Crippen molar-refractivity contribution in [2.24, 2.45) is 0 Å². The van der Waals surface area contributed by atoms with Crippen molar-refractivity contribution in [3.63, 3.8) is 0 Å². The van der Waals surface area contributed by atoms with Crippen molar-refractivity contribution in [2.75, 3.05) is 6.54 Å². The lowest BCUT2D eigenvalue weighted by atomic mass is 10.1. The van der Waals surface area contributed by atoms with Crippen LogP contribution in [-0.4, -0.2) is 16.5 Å². The summed E-state index contributed by atoms with van der Waals surface area (Å²) in [6, 6.07) is 0.345. The second-order valence-electron chi connectivity index (χ2n) is 4.00. The van der Waals surface area contributed by atoms with E-state index in [1.807, 2.05) is 12.4 Å². The van der Waals surface area contributed by atoms with Crippen molar-refractivity contribution in [1.82, 2.24) is 15.3 Å². The molecule has 1 unspecified atom stereocenters. The van der Waals surface area contributed by atoms with Gasteiger partial charge in [-0.3, -0.25) is 0 Å². The summed E-state index contributed by atoms with van der Waals surface area (Å²) < 4.78 is 0. The SMILES string of the molecule is CCNC(Cc1nc(C)cs1)c1scnc1C. The molecule has 0 spiro atoms. The molecule has 0 bridgehead atoms. The van der Waals surface area contributed by atoms with Crippen LogP contribution in [0, 0.1) is 13.8 Å². The Morgan fingerprint density at radius 1 is 1.35 bits per heavy atom. The normalized spacial score (nSPS) is 12.9. The number of likely N-dealkylation sites (N-methyl/N-ethyl adjacent to an activating group) is 1. The second kappa shape index (κ2) is 5.71. The van der Waals surface area contributed by atoms with Gasteiger partial charge < -0.3 is 5.32 Å². The molecule has 0 aromatic carbocycles. The van der Waals surface area contributed by atoms with Crippen molar-refractivity contribution in [2.45, 2.75) is 33.2 Å². The van der Waals surface area contributed by atoms with Gasteiger partial charge in [0.2, 0.25) is 0 Å². The summed E-state index contributed by atoms with van der Waals surface area (Å²) in [5, 5.41) is 6.83. The zero-order valence-corrected chi connectivity index (χ0v) is 12.0.